The molecule has 160 valence electrons. The topological polar surface area (TPSA) is 86.2 Å². The molecule has 1 aliphatic rings. The maximum Gasteiger partial charge on any atom is 0.283 e. The van der Waals surface area contributed by atoms with Crippen molar-refractivity contribution in [2.45, 2.75) is 13.1 Å². The molecule has 0 amide bonds. The lowest BCUT2D eigenvalue weighted by Gasteiger charge is -2.34. The van der Waals surface area contributed by atoms with Crippen LogP contribution in [0.15, 0.2) is 39.4 Å². The number of furan rings is 1. The van der Waals surface area contributed by atoms with Gasteiger partial charge in [0.15, 0.2) is 17.3 Å². The van der Waals surface area contributed by atoms with E-state index in [1.165, 1.54) is 0 Å². The van der Waals surface area contributed by atoms with Gasteiger partial charge in [0, 0.05) is 38.3 Å². The van der Waals surface area contributed by atoms with E-state index in [-0.39, 0.29) is 0 Å². The number of rotatable bonds is 8. The van der Waals surface area contributed by atoms with Crippen LogP contribution in [-0.4, -0.2) is 67.5 Å². The maximum atomic E-state index is 5.72. The lowest BCUT2D eigenvalue weighted by atomic mass is 10.1. The van der Waals surface area contributed by atoms with Crippen LogP contribution in [-0.2, 0) is 13.1 Å². The Morgan fingerprint density at radius 2 is 1.60 bits per heavy atom. The molecule has 0 atom stereocenters. The lowest BCUT2D eigenvalue weighted by molar-refractivity contribution is 0.114. The first-order valence-electron chi connectivity index (χ1n) is 9.80. The molecule has 2 aromatic heterocycles. The SMILES string of the molecule is COc1ccc(CN2CCN(Cc3nnc(-c4ccco4)o3)CC2)c(OC)c1OC. The summed E-state index contributed by atoms with van der Waals surface area (Å²) in [6, 6.07) is 7.55. The minimum absolute atomic E-state index is 0.411. The second-order valence-corrected chi connectivity index (χ2v) is 7.02. The molecule has 3 aromatic rings. The van der Waals surface area contributed by atoms with E-state index in [1.54, 1.807) is 39.7 Å². The number of nitrogens with zero attached hydrogens (tertiary/aromatic N) is 4. The number of aromatic nitrogens is 2. The average molecular weight is 414 g/mol. The van der Waals surface area contributed by atoms with Gasteiger partial charge in [-0.25, -0.2) is 0 Å². The van der Waals surface area contributed by atoms with Crippen molar-refractivity contribution < 1.29 is 23.0 Å². The fourth-order valence-corrected chi connectivity index (χ4v) is 3.64. The first kappa shape index (κ1) is 20.2. The van der Waals surface area contributed by atoms with E-state index >= 15 is 0 Å². The first-order valence-corrected chi connectivity index (χ1v) is 9.80. The molecule has 1 saturated heterocycles. The van der Waals surface area contributed by atoms with E-state index in [0.29, 0.717) is 35.6 Å². The number of benzene rings is 1. The van der Waals surface area contributed by atoms with Crippen molar-refractivity contribution >= 4 is 0 Å². The predicted molar refractivity (Wildman–Crippen MR) is 109 cm³/mol. The Labute approximate surface area is 175 Å². The van der Waals surface area contributed by atoms with Crippen molar-refractivity contribution in [3.8, 4) is 28.9 Å². The van der Waals surface area contributed by atoms with Crippen molar-refractivity contribution in [1.82, 2.24) is 20.0 Å². The zero-order chi connectivity index (χ0) is 20.9. The molecule has 9 nitrogen and oxygen atoms in total. The number of piperazine rings is 1. The fraction of sp³-hybridized carbons (Fsp3) is 0.429. The van der Waals surface area contributed by atoms with Crippen LogP contribution >= 0.6 is 0 Å². The summed E-state index contributed by atoms with van der Waals surface area (Å²) in [6.07, 6.45) is 1.59. The van der Waals surface area contributed by atoms with Gasteiger partial charge in [0.2, 0.25) is 11.6 Å². The van der Waals surface area contributed by atoms with E-state index in [1.807, 2.05) is 12.1 Å². The van der Waals surface area contributed by atoms with E-state index in [0.717, 1.165) is 44.0 Å². The van der Waals surface area contributed by atoms with E-state index in [4.69, 9.17) is 23.0 Å². The monoisotopic (exact) mass is 414 g/mol. The van der Waals surface area contributed by atoms with Crippen LogP contribution in [0.1, 0.15) is 11.5 Å². The standard InChI is InChI=1S/C21H26N4O5/c1-26-16-7-6-15(19(27-2)20(16)28-3)13-24-8-10-25(11-9-24)14-18-22-23-21(30-18)17-5-4-12-29-17/h4-7,12H,8-11,13-14H2,1-3H3. The van der Waals surface area contributed by atoms with Crippen LogP contribution in [0.2, 0.25) is 0 Å². The molecule has 0 bridgehead atoms. The second kappa shape index (κ2) is 9.19. The summed E-state index contributed by atoms with van der Waals surface area (Å²) in [7, 11) is 4.90. The number of ether oxygens (including phenoxy) is 3. The Kier molecular flexibility index (Phi) is 6.20. The quantitative estimate of drug-likeness (QED) is 0.552. The molecule has 0 spiro atoms. The maximum absolute atomic E-state index is 5.72. The van der Waals surface area contributed by atoms with Crippen LogP contribution in [0, 0.1) is 0 Å². The fourth-order valence-electron chi connectivity index (χ4n) is 3.64. The Bertz CT molecular complexity index is 948. The Morgan fingerprint density at radius 3 is 2.23 bits per heavy atom. The third-order valence-corrected chi connectivity index (χ3v) is 5.20. The van der Waals surface area contributed by atoms with Gasteiger partial charge in [0.1, 0.15) is 0 Å². The van der Waals surface area contributed by atoms with Gasteiger partial charge in [-0.3, -0.25) is 9.80 Å². The first-order chi connectivity index (χ1) is 14.7. The highest BCUT2D eigenvalue weighted by atomic mass is 16.5. The zero-order valence-electron chi connectivity index (χ0n) is 17.5. The van der Waals surface area contributed by atoms with Gasteiger partial charge in [0.05, 0.1) is 34.1 Å². The summed E-state index contributed by atoms with van der Waals surface area (Å²) in [6.45, 7) is 5.08. The molecule has 4 rings (SSSR count). The summed E-state index contributed by atoms with van der Waals surface area (Å²) in [4.78, 5) is 4.70. The highest BCUT2D eigenvalue weighted by molar-refractivity contribution is 5.55. The van der Waals surface area contributed by atoms with Crippen LogP contribution in [0.4, 0.5) is 0 Å². The zero-order valence-corrected chi connectivity index (χ0v) is 17.5. The van der Waals surface area contributed by atoms with Gasteiger partial charge in [-0.15, -0.1) is 10.2 Å². The summed E-state index contributed by atoms with van der Waals surface area (Å²) in [5.74, 6) is 3.60. The van der Waals surface area contributed by atoms with Gasteiger partial charge >= 0.3 is 0 Å². The molecular formula is C21H26N4O5. The third-order valence-electron chi connectivity index (χ3n) is 5.20. The van der Waals surface area contributed by atoms with Crippen molar-refractivity contribution in [3.63, 3.8) is 0 Å². The molecule has 30 heavy (non-hydrogen) atoms. The minimum Gasteiger partial charge on any atom is -0.493 e. The molecule has 0 unspecified atom stereocenters. The largest absolute Gasteiger partial charge is 0.493 e. The Morgan fingerprint density at radius 1 is 0.867 bits per heavy atom. The molecule has 0 saturated carbocycles. The van der Waals surface area contributed by atoms with Gasteiger partial charge in [-0.05, 0) is 18.2 Å². The highest BCUT2D eigenvalue weighted by Crippen LogP contribution is 2.40. The lowest BCUT2D eigenvalue weighted by Crippen LogP contribution is -2.45. The van der Waals surface area contributed by atoms with Crippen molar-refractivity contribution in [2.75, 3.05) is 47.5 Å². The summed E-state index contributed by atoms with van der Waals surface area (Å²) in [5.41, 5.74) is 1.07. The molecular weight excluding hydrogens is 388 g/mol. The van der Waals surface area contributed by atoms with Gasteiger partial charge in [0.25, 0.3) is 5.89 Å². The van der Waals surface area contributed by atoms with Crippen molar-refractivity contribution in [1.29, 1.82) is 0 Å². The molecule has 1 aromatic carbocycles. The van der Waals surface area contributed by atoms with Crippen LogP contribution in [0.5, 0.6) is 17.2 Å². The minimum atomic E-state index is 0.411. The van der Waals surface area contributed by atoms with E-state index in [2.05, 4.69) is 20.0 Å². The average Bonchev–Trinajstić information content (AvgIpc) is 3.46. The molecule has 3 heterocycles. The smallest absolute Gasteiger partial charge is 0.283 e. The van der Waals surface area contributed by atoms with E-state index < -0.39 is 0 Å². The summed E-state index contributed by atoms with van der Waals surface area (Å²) >= 11 is 0. The third kappa shape index (κ3) is 4.27. The van der Waals surface area contributed by atoms with Crippen LogP contribution in [0.25, 0.3) is 11.7 Å². The molecule has 0 aliphatic carbocycles. The second-order valence-electron chi connectivity index (χ2n) is 7.02. The summed E-state index contributed by atoms with van der Waals surface area (Å²) < 4.78 is 27.5. The molecule has 0 radical (unpaired) electrons. The summed E-state index contributed by atoms with van der Waals surface area (Å²) in [5, 5.41) is 8.20. The highest BCUT2D eigenvalue weighted by Gasteiger charge is 2.22. The number of hydrogen-bond donors (Lipinski definition) is 0. The van der Waals surface area contributed by atoms with Gasteiger partial charge < -0.3 is 23.0 Å². The molecule has 1 fully saturated rings. The van der Waals surface area contributed by atoms with E-state index in [9.17, 15) is 0 Å². The number of methoxy groups -OCH3 is 3. The number of hydrogen-bond acceptors (Lipinski definition) is 9. The Hall–Kier alpha value is -3.04. The van der Waals surface area contributed by atoms with Crippen molar-refractivity contribution in [2.24, 2.45) is 0 Å². The van der Waals surface area contributed by atoms with Gasteiger partial charge in [-0.1, -0.05) is 6.07 Å². The molecule has 0 N–H and O–H groups in total. The van der Waals surface area contributed by atoms with Crippen LogP contribution in [0.3, 0.4) is 0 Å². The Balaban J connectivity index is 1.34. The van der Waals surface area contributed by atoms with Crippen LogP contribution < -0.4 is 14.2 Å². The molecule has 9 heteroatoms. The van der Waals surface area contributed by atoms with Gasteiger partial charge in [-0.2, -0.15) is 0 Å². The normalized spacial score (nSPS) is 15.3. The predicted octanol–water partition coefficient (Wildman–Crippen LogP) is 2.67. The molecule has 1 aliphatic heterocycles. The van der Waals surface area contributed by atoms with Crippen molar-refractivity contribution in [3.05, 3.63) is 42.0 Å².